The van der Waals surface area contributed by atoms with Crippen molar-refractivity contribution < 1.29 is 9.00 Å². The number of hydrogen-bond donors (Lipinski definition) is 2. The minimum absolute atomic E-state index is 0.235. The van der Waals surface area contributed by atoms with Gasteiger partial charge in [0, 0.05) is 43.0 Å². The van der Waals surface area contributed by atoms with Gasteiger partial charge in [0.05, 0.1) is 10.8 Å². The first kappa shape index (κ1) is 18.0. The SMILES string of the molecule is CN(CCNC(=O)NCC[S@](=O)c1ccccc1)c1ccccc1. The van der Waals surface area contributed by atoms with Gasteiger partial charge in [0.25, 0.3) is 0 Å². The predicted octanol–water partition coefficient (Wildman–Crippen LogP) is 2.23. The topological polar surface area (TPSA) is 61.4 Å². The van der Waals surface area contributed by atoms with E-state index >= 15 is 0 Å². The summed E-state index contributed by atoms with van der Waals surface area (Å²) in [4.78, 5) is 14.6. The first-order valence-corrected chi connectivity index (χ1v) is 9.20. The molecule has 2 amide bonds. The number of carbonyl (C=O) groups excluding carboxylic acids is 1. The highest BCUT2D eigenvalue weighted by Crippen LogP contribution is 2.09. The minimum atomic E-state index is -1.09. The molecule has 0 spiro atoms. The Morgan fingerprint density at radius 3 is 2.21 bits per heavy atom. The van der Waals surface area contributed by atoms with Crippen LogP contribution in [-0.4, -0.2) is 42.7 Å². The third-order valence-electron chi connectivity index (χ3n) is 3.51. The molecule has 0 aliphatic heterocycles. The summed E-state index contributed by atoms with van der Waals surface area (Å²) in [5.41, 5.74) is 1.11. The standard InChI is InChI=1S/C18H23N3O2S/c1-21(16-8-4-2-5-9-16)14-12-19-18(22)20-13-15-24(23)17-10-6-3-7-11-17/h2-11H,12-15H2,1H3,(H2,19,20,22)/t24-/m0/s1. The molecular formula is C18H23N3O2S. The van der Waals surface area contributed by atoms with E-state index in [0.717, 1.165) is 10.6 Å². The van der Waals surface area contributed by atoms with Crippen molar-refractivity contribution in [2.45, 2.75) is 4.90 Å². The van der Waals surface area contributed by atoms with Crippen molar-refractivity contribution >= 4 is 22.5 Å². The molecule has 6 heteroatoms. The monoisotopic (exact) mass is 345 g/mol. The van der Waals surface area contributed by atoms with Crippen LogP contribution in [0, 0.1) is 0 Å². The van der Waals surface area contributed by atoms with Gasteiger partial charge >= 0.3 is 6.03 Å². The molecule has 0 radical (unpaired) electrons. The number of nitrogens with zero attached hydrogens (tertiary/aromatic N) is 1. The van der Waals surface area contributed by atoms with Gasteiger partial charge in [-0.15, -0.1) is 0 Å². The lowest BCUT2D eigenvalue weighted by molar-refractivity contribution is 0.242. The fourth-order valence-electron chi connectivity index (χ4n) is 2.16. The number of carbonyl (C=O) groups is 1. The summed E-state index contributed by atoms with van der Waals surface area (Å²) in [6, 6.07) is 19.0. The summed E-state index contributed by atoms with van der Waals surface area (Å²) >= 11 is 0. The summed E-state index contributed by atoms with van der Waals surface area (Å²) in [6.45, 7) is 1.63. The maximum Gasteiger partial charge on any atom is 0.314 e. The van der Waals surface area contributed by atoms with E-state index < -0.39 is 10.8 Å². The summed E-state index contributed by atoms with van der Waals surface area (Å²) in [5.74, 6) is 0.404. The van der Waals surface area contributed by atoms with Crippen molar-refractivity contribution in [1.29, 1.82) is 0 Å². The Hall–Kier alpha value is -2.34. The molecule has 0 heterocycles. The Balaban J connectivity index is 1.61. The van der Waals surface area contributed by atoms with E-state index in [1.165, 1.54) is 0 Å². The maximum absolute atomic E-state index is 12.0. The van der Waals surface area contributed by atoms with E-state index in [1.54, 1.807) is 0 Å². The lowest BCUT2D eigenvalue weighted by atomic mass is 10.3. The molecule has 1 atom stereocenters. The molecule has 0 saturated carbocycles. The van der Waals surface area contributed by atoms with E-state index in [4.69, 9.17) is 0 Å². The molecule has 2 N–H and O–H groups in total. The molecule has 0 aromatic heterocycles. The number of para-hydroxylation sites is 1. The molecule has 2 aromatic carbocycles. The Bertz CT molecular complexity index is 650. The Kier molecular flexibility index (Phi) is 7.29. The van der Waals surface area contributed by atoms with Crippen LogP contribution in [0.5, 0.6) is 0 Å². The van der Waals surface area contributed by atoms with E-state index in [9.17, 15) is 9.00 Å². The normalized spacial score (nSPS) is 11.5. The highest BCUT2D eigenvalue weighted by Gasteiger charge is 2.05. The van der Waals surface area contributed by atoms with Gasteiger partial charge in [-0.3, -0.25) is 4.21 Å². The van der Waals surface area contributed by atoms with E-state index in [1.807, 2.05) is 67.7 Å². The zero-order valence-corrected chi connectivity index (χ0v) is 14.6. The minimum Gasteiger partial charge on any atom is -0.373 e. The van der Waals surface area contributed by atoms with Crippen molar-refractivity contribution in [2.24, 2.45) is 0 Å². The molecule has 5 nitrogen and oxygen atoms in total. The van der Waals surface area contributed by atoms with E-state index in [-0.39, 0.29) is 6.03 Å². The predicted molar refractivity (Wildman–Crippen MR) is 98.8 cm³/mol. The van der Waals surface area contributed by atoms with Gasteiger partial charge in [-0.25, -0.2) is 4.79 Å². The quantitative estimate of drug-likeness (QED) is 0.771. The number of nitrogens with one attached hydrogen (secondary N) is 2. The van der Waals surface area contributed by atoms with Crippen LogP contribution in [0.15, 0.2) is 65.6 Å². The van der Waals surface area contributed by atoms with Gasteiger partial charge in [-0.2, -0.15) is 0 Å². The van der Waals surface area contributed by atoms with Crippen LogP contribution in [0.25, 0.3) is 0 Å². The highest BCUT2D eigenvalue weighted by molar-refractivity contribution is 7.85. The molecule has 24 heavy (non-hydrogen) atoms. The van der Waals surface area contributed by atoms with Crippen LogP contribution in [0.3, 0.4) is 0 Å². The van der Waals surface area contributed by atoms with Gasteiger partial charge in [0.1, 0.15) is 0 Å². The Morgan fingerprint density at radius 1 is 0.958 bits per heavy atom. The van der Waals surface area contributed by atoms with E-state index in [2.05, 4.69) is 15.5 Å². The fourth-order valence-corrected chi connectivity index (χ4v) is 3.14. The molecule has 128 valence electrons. The molecule has 0 bridgehead atoms. The summed E-state index contributed by atoms with van der Waals surface area (Å²) in [5, 5.41) is 5.54. The van der Waals surface area contributed by atoms with Gasteiger partial charge in [0.15, 0.2) is 0 Å². The second-order valence-electron chi connectivity index (χ2n) is 5.30. The second-order valence-corrected chi connectivity index (χ2v) is 6.87. The summed E-state index contributed by atoms with van der Waals surface area (Å²) < 4.78 is 12.0. The Morgan fingerprint density at radius 2 is 1.54 bits per heavy atom. The number of anilines is 1. The number of rotatable bonds is 8. The number of likely N-dealkylation sites (N-methyl/N-ethyl adjacent to an activating group) is 1. The van der Waals surface area contributed by atoms with Crippen LogP contribution in [0.1, 0.15) is 0 Å². The molecule has 0 saturated heterocycles. The van der Waals surface area contributed by atoms with Crippen molar-refractivity contribution in [3.63, 3.8) is 0 Å². The molecule has 0 unspecified atom stereocenters. The molecule has 0 aliphatic rings. The zero-order chi connectivity index (χ0) is 17.2. The average Bonchev–Trinajstić information content (AvgIpc) is 2.63. The van der Waals surface area contributed by atoms with Gasteiger partial charge < -0.3 is 15.5 Å². The van der Waals surface area contributed by atoms with Gasteiger partial charge in [0.2, 0.25) is 0 Å². The van der Waals surface area contributed by atoms with Crippen molar-refractivity contribution in [2.75, 3.05) is 37.3 Å². The first-order valence-electron chi connectivity index (χ1n) is 7.88. The van der Waals surface area contributed by atoms with Crippen molar-refractivity contribution in [3.05, 3.63) is 60.7 Å². The smallest absolute Gasteiger partial charge is 0.314 e. The third kappa shape index (κ3) is 6.04. The average molecular weight is 345 g/mol. The highest BCUT2D eigenvalue weighted by atomic mass is 32.2. The molecule has 2 rings (SSSR count). The molecule has 0 aliphatic carbocycles. The van der Waals surface area contributed by atoms with E-state index in [0.29, 0.717) is 25.4 Å². The molecule has 0 fully saturated rings. The van der Waals surface area contributed by atoms with Crippen LogP contribution in [-0.2, 0) is 10.8 Å². The van der Waals surface area contributed by atoms with Gasteiger partial charge in [-0.05, 0) is 24.3 Å². The van der Waals surface area contributed by atoms with Crippen molar-refractivity contribution in [1.82, 2.24) is 10.6 Å². The van der Waals surface area contributed by atoms with Crippen LogP contribution in [0.2, 0.25) is 0 Å². The summed E-state index contributed by atoms with van der Waals surface area (Å²) in [6.07, 6.45) is 0. The van der Waals surface area contributed by atoms with Crippen LogP contribution < -0.4 is 15.5 Å². The number of hydrogen-bond acceptors (Lipinski definition) is 3. The van der Waals surface area contributed by atoms with Crippen molar-refractivity contribution in [3.8, 4) is 0 Å². The fraction of sp³-hybridized carbons (Fsp3) is 0.278. The second kappa shape index (κ2) is 9.72. The summed E-state index contributed by atoms with van der Waals surface area (Å²) in [7, 11) is 0.896. The lowest BCUT2D eigenvalue weighted by Crippen LogP contribution is -2.40. The maximum atomic E-state index is 12.0. The lowest BCUT2D eigenvalue weighted by Gasteiger charge is -2.19. The number of amides is 2. The Labute approximate surface area is 145 Å². The number of urea groups is 1. The van der Waals surface area contributed by atoms with Crippen LogP contribution >= 0.6 is 0 Å². The third-order valence-corrected chi connectivity index (χ3v) is 4.88. The first-order chi connectivity index (χ1) is 11.7. The van der Waals surface area contributed by atoms with Gasteiger partial charge in [-0.1, -0.05) is 36.4 Å². The molecule has 2 aromatic rings. The van der Waals surface area contributed by atoms with Crippen LogP contribution in [0.4, 0.5) is 10.5 Å². The zero-order valence-electron chi connectivity index (χ0n) is 13.8. The molecular weight excluding hydrogens is 322 g/mol. The largest absolute Gasteiger partial charge is 0.373 e. The number of benzene rings is 2.